The van der Waals surface area contributed by atoms with Crippen molar-refractivity contribution >= 4 is 43.1 Å². The van der Waals surface area contributed by atoms with Gasteiger partial charge >= 0.3 is 18.2 Å². The minimum Gasteiger partial charge on any atom is -0.453 e. The lowest BCUT2D eigenvalue weighted by atomic mass is 10.2. The van der Waals surface area contributed by atoms with Gasteiger partial charge in [-0.3, -0.25) is 10.1 Å². The van der Waals surface area contributed by atoms with E-state index in [1.165, 1.54) is 5.32 Å². The van der Waals surface area contributed by atoms with Crippen LogP contribution in [0.5, 0.6) is 0 Å². The summed E-state index contributed by atoms with van der Waals surface area (Å²) in [4.78, 5) is 21.3. The molecule has 0 bridgehead atoms. The molecule has 0 aliphatic heterocycles. The lowest BCUT2D eigenvalue weighted by Gasteiger charge is -2.12. The van der Waals surface area contributed by atoms with Crippen LogP contribution in [-0.4, -0.2) is 33.7 Å². The van der Waals surface area contributed by atoms with Crippen molar-refractivity contribution in [2.75, 3.05) is 17.7 Å². The van der Waals surface area contributed by atoms with Crippen molar-refractivity contribution in [2.45, 2.75) is 11.1 Å². The molecule has 0 fully saturated rings. The number of hydrogen-bond donors (Lipinski definition) is 2. The molecule has 1 aromatic carbocycles. The van der Waals surface area contributed by atoms with Crippen molar-refractivity contribution in [3.05, 3.63) is 18.2 Å². The van der Waals surface area contributed by atoms with Crippen molar-refractivity contribution in [3.63, 3.8) is 0 Å². The van der Waals surface area contributed by atoms with Crippen LogP contribution in [0.3, 0.4) is 0 Å². The smallest absolute Gasteiger partial charge is 0.453 e. The van der Waals surface area contributed by atoms with Gasteiger partial charge in [0, 0.05) is 16.4 Å². The van der Waals surface area contributed by atoms with Gasteiger partial charge in [-0.25, -0.2) is 13.2 Å². The van der Waals surface area contributed by atoms with Crippen molar-refractivity contribution < 1.29 is 35.9 Å². The molecular formula is C10H8ClF3N2O5S. The van der Waals surface area contributed by atoms with E-state index in [0.29, 0.717) is 0 Å². The number of methoxy groups -OCH3 is 1. The summed E-state index contributed by atoms with van der Waals surface area (Å²) >= 11 is 0. The Morgan fingerprint density at radius 2 is 1.82 bits per heavy atom. The number of anilines is 2. The van der Waals surface area contributed by atoms with Gasteiger partial charge < -0.3 is 10.1 Å². The van der Waals surface area contributed by atoms with Gasteiger partial charge in [0.2, 0.25) is 0 Å². The molecule has 7 nitrogen and oxygen atoms in total. The van der Waals surface area contributed by atoms with E-state index in [9.17, 15) is 31.2 Å². The van der Waals surface area contributed by atoms with E-state index in [2.05, 4.69) is 4.74 Å². The van der Waals surface area contributed by atoms with Gasteiger partial charge in [0.05, 0.1) is 12.8 Å². The summed E-state index contributed by atoms with van der Waals surface area (Å²) < 4.78 is 63.3. The van der Waals surface area contributed by atoms with Crippen LogP contribution < -0.4 is 10.6 Å². The van der Waals surface area contributed by atoms with Crippen LogP contribution >= 0.6 is 10.7 Å². The standard InChI is InChI=1S/C10H8ClF3N2O5S/c1-21-9(18)16-6-4-5(15-8(17)10(12,13)14)2-3-7(6)22(11,19)20/h2-4H,1H3,(H,15,17)(H,16,18). The second kappa shape index (κ2) is 6.40. The van der Waals surface area contributed by atoms with E-state index in [1.807, 2.05) is 5.32 Å². The number of ether oxygens (including phenoxy) is 1. The summed E-state index contributed by atoms with van der Waals surface area (Å²) in [6, 6.07) is 2.48. The largest absolute Gasteiger partial charge is 0.471 e. The van der Waals surface area contributed by atoms with E-state index in [4.69, 9.17) is 10.7 Å². The summed E-state index contributed by atoms with van der Waals surface area (Å²) in [6.45, 7) is 0. The summed E-state index contributed by atoms with van der Waals surface area (Å²) in [7, 11) is 1.83. The highest BCUT2D eigenvalue weighted by atomic mass is 35.7. The predicted octanol–water partition coefficient (Wildman–Crippen LogP) is 2.29. The SMILES string of the molecule is COC(=O)Nc1cc(NC(=O)C(F)(F)F)ccc1S(=O)(=O)Cl. The first-order valence-electron chi connectivity index (χ1n) is 5.27. The highest BCUT2D eigenvalue weighted by Crippen LogP contribution is 2.29. The number of nitrogens with one attached hydrogen (secondary N) is 2. The number of rotatable bonds is 3. The van der Waals surface area contributed by atoms with E-state index < -0.39 is 43.5 Å². The topological polar surface area (TPSA) is 102 Å². The molecule has 0 aliphatic carbocycles. The third-order valence-electron chi connectivity index (χ3n) is 2.18. The normalized spacial score (nSPS) is 11.7. The Hall–Kier alpha value is -2.01. The van der Waals surface area contributed by atoms with Gasteiger partial charge in [-0.05, 0) is 18.2 Å². The maximum absolute atomic E-state index is 12.1. The molecule has 0 atom stereocenters. The molecule has 0 radical (unpaired) electrons. The molecule has 1 rings (SSSR count). The second-order valence-electron chi connectivity index (χ2n) is 3.72. The molecule has 122 valence electrons. The maximum atomic E-state index is 12.1. The molecular weight excluding hydrogens is 353 g/mol. The monoisotopic (exact) mass is 360 g/mol. The zero-order valence-corrected chi connectivity index (χ0v) is 12.3. The molecule has 1 aromatic rings. The predicted molar refractivity (Wildman–Crippen MR) is 70.2 cm³/mol. The number of amides is 2. The first-order chi connectivity index (χ1) is 9.95. The van der Waals surface area contributed by atoms with Crippen molar-refractivity contribution in [3.8, 4) is 0 Å². The third-order valence-corrected chi connectivity index (χ3v) is 3.56. The van der Waals surface area contributed by atoms with Gasteiger partial charge in [-0.2, -0.15) is 13.2 Å². The fourth-order valence-corrected chi connectivity index (χ4v) is 2.29. The van der Waals surface area contributed by atoms with Gasteiger partial charge in [0.1, 0.15) is 4.90 Å². The van der Waals surface area contributed by atoms with E-state index in [-0.39, 0.29) is 0 Å². The Kier molecular flexibility index (Phi) is 5.25. The summed E-state index contributed by atoms with van der Waals surface area (Å²) in [5.41, 5.74) is -0.861. The number of hydrogen-bond acceptors (Lipinski definition) is 5. The van der Waals surface area contributed by atoms with Crippen LogP contribution in [0.1, 0.15) is 0 Å². The maximum Gasteiger partial charge on any atom is 0.471 e. The lowest BCUT2D eigenvalue weighted by molar-refractivity contribution is -0.167. The summed E-state index contributed by atoms with van der Waals surface area (Å²) in [5.74, 6) is -2.27. The highest BCUT2D eigenvalue weighted by Gasteiger charge is 2.38. The number of carbonyl (C=O) groups is 2. The summed E-state index contributed by atoms with van der Waals surface area (Å²) in [6.07, 6.45) is -6.21. The zero-order chi connectivity index (χ0) is 17.1. The Bertz CT molecular complexity index is 705. The molecule has 0 unspecified atom stereocenters. The average Bonchev–Trinajstić information content (AvgIpc) is 2.36. The molecule has 22 heavy (non-hydrogen) atoms. The molecule has 2 amide bonds. The first-order valence-corrected chi connectivity index (χ1v) is 7.58. The van der Waals surface area contributed by atoms with Crippen molar-refractivity contribution in [1.29, 1.82) is 0 Å². The van der Waals surface area contributed by atoms with Crippen LogP contribution in [0, 0.1) is 0 Å². The van der Waals surface area contributed by atoms with Gasteiger partial charge in [-0.1, -0.05) is 0 Å². The number of halogens is 4. The number of alkyl halides is 3. The molecule has 0 saturated heterocycles. The van der Waals surface area contributed by atoms with Crippen LogP contribution in [0.4, 0.5) is 29.3 Å². The Balaban J connectivity index is 3.22. The second-order valence-corrected chi connectivity index (χ2v) is 6.25. The summed E-state index contributed by atoms with van der Waals surface area (Å²) in [5, 5.41) is 3.46. The molecule has 12 heteroatoms. The Labute approximate surface area is 126 Å². The first kappa shape index (κ1) is 18.0. The highest BCUT2D eigenvalue weighted by molar-refractivity contribution is 8.13. The van der Waals surface area contributed by atoms with Gasteiger partial charge in [0.15, 0.2) is 0 Å². The van der Waals surface area contributed by atoms with E-state index >= 15 is 0 Å². The van der Waals surface area contributed by atoms with E-state index in [1.54, 1.807) is 0 Å². The Morgan fingerprint density at radius 3 is 2.27 bits per heavy atom. The fourth-order valence-electron chi connectivity index (χ4n) is 1.28. The zero-order valence-electron chi connectivity index (χ0n) is 10.7. The molecule has 0 aromatic heterocycles. The molecule has 0 spiro atoms. The van der Waals surface area contributed by atoms with Crippen LogP contribution in [0.15, 0.2) is 23.1 Å². The molecule has 0 heterocycles. The van der Waals surface area contributed by atoms with Crippen LogP contribution in [0.25, 0.3) is 0 Å². The molecule has 2 N–H and O–H groups in total. The molecule has 0 aliphatic rings. The van der Waals surface area contributed by atoms with Crippen LogP contribution in [-0.2, 0) is 18.6 Å². The average molecular weight is 361 g/mol. The lowest BCUT2D eigenvalue weighted by Crippen LogP contribution is -2.30. The van der Waals surface area contributed by atoms with E-state index in [0.717, 1.165) is 25.3 Å². The molecule has 0 saturated carbocycles. The van der Waals surface area contributed by atoms with Crippen LogP contribution in [0.2, 0.25) is 0 Å². The number of benzene rings is 1. The minimum atomic E-state index is -5.13. The fraction of sp³-hybridized carbons (Fsp3) is 0.200. The Morgan fingerprint density at radius 1 is 1.23 bits per heavy atom. The third kappa shape index (κ3) is 4.77. The van der Waals surface area contributed by atoms with Gasteiger partial charge in [0.25, 0.3) is 9.05 Å². The van der Waals surface area contributed by atoms with Crippen molar-refractivity contribution in [2.24, 2.45) is 0 Å². The number of carbonyl (C=O) groups excluding carboxylic acids is 2. The quantitative estimate of drug-likeness (QED) is 0.805. The minimum absolute atomic E-state index is 0.405. The van der Waals surface area contributed by atoms with Crippen molar-refractivity contribution in [1.82, 2.24) is 0 Å². The van der Waals surface area contributed by atoms with Gasteiger partial charge in [-0.15, -0.1) is 0 Å².